The Hall–Kier alpha value is -1.89. The molecular weight excluding hydrogens is 446 g/mol. The third-order valence-corrected chi connectivity index (χ3v) is 5.27. The molecule has 2 amide bonds. The molecule has 1 atom stereocenters. The Morgan fingerprint density at radius 2 is 1.85 bits per heavy atom. The SMILES string of the molecule is O=C1C=CN(C(=O)Nc2cc(Cl)c(Cl)cc2Br)C(c2ccc(F)cc2)C1. The first-order valence-electron chi connectivity index (χ1n) is 7.55. The van der Waals surface area contributed by atoms with Gasteiger partial charge in [-0.3, -0.25) is 9.69 Å². The van der Waals surface area contributed by atoms with Crippen LogP contribution in [0.3, 0.4) is 0 Å². The molecule has 1 heterocycles. The van der Waals surface area contributed by atoms with Gasteiger partial charge in [0.1, 0.15) is 5.82 Å². The lowest BCUT2D eigenvalue weighted by molar-refractivity contribution is -0.116. The number of hydrogen-bond acceptors (Lipinski definition) is 2. The number of rotatable bonds is 2. The summed E-state index contributed by atoms with van der Waals surface area (Å²) >= 11 is 15.3. The van der Waals surface area contributed by atoms with Crippen LogP contribution >= 0.6 is 39.1 Å². The lowest BCUT2D eigenvalue weighted by Gasteiger charge is -2.31. The molecule has 0 fully saturated rings. The molecule has 2 aromatic rings. The third-order valence-electron chi connectivity index (χ3n) is 3.89. The van der Waals surface area contributed by atoms with E-state index in [9.17, 15) is 14.0 Å². The van der Waals surface area contributed by atoms with Gasteiger partial charge >= 0.3 is 6.03 Å². The first-order valence-corrected chi connectivity index (χ1v) is 9.10. The normalized spacial score (nSPS) is 16.7. The molecule has 0 aromatic heterocycles. The molecule has 0 saturated heterocycles. The third kappa shape index (κ3) is 4.09. The minimum atomic E-state index is -0.533. The van der Waals surface area contributed by atoms with Gasteiger partial charge in [-0.05, 0) is 51.8 Å². The standard InChI is InChI=1S/C18H12BrCl2FN2O2/c19-13-8-14(20)15(21)9-16(13)23-18(26)24-6-5-12(25)7-17(24)10-1-3-11(22)4-2-10/h1-6,8-9,17H,7H2,(H,23,26). The van der Waals surface area contributed by atoms with Crippen molar-refractivity contribution >= 4 is 56.6 Å². The topological polar surface area (TPSA) is 49.4 Å². The highest BCUT2D eigenvalue weighted by Gasteiger charge is 2.29. The highest BCUT2D eigenvalue weighted by molar-refractivity contribution is 9.10. The Balaban J connectivity index is 1.88. The van der Waals surface area contributed by atoms with Crippen LogP contribution in [0.25, 0.3) is 0 Å². The van der Waals surface area contributed by atoms with E-state index in [2.05, 4.69) is 21.2 Å². The Kier molecular flexibility index (Phi) is 5.65. The maximum atomic E-state index is 13.2. The lowest BCUT2D eigenvalue weighted by atomic mass is 9.97. The zero-order chi connectivity index (χ0) is 18.8. The van der Waals surface area contributed by atoms with Gasteiger partial charge in [0.05, 0.1) is 21.8 Å². The fourth-order valence-corrected chi connectivity index (χ4v) is 3.50. The van der Waals surface area contributed by atoms with Gasteiger partial charge in [0.2, 0.25) is 0 Å². The van der Waals surface area contributed by atoms with Crippen molar-refractivity contribution in [3.8, 4) is 0 Å². The van der Waals surface area contributed by atoms with Crippen molar-refractivity contribution in [1.29, 1.82) is 0 Å². The molecule has 8 heteroatoms. The second-order valence-electron chi connectivity index (χ2n) is 5.64. The van der Waals surface area contributed by atoms with E-state index in [0.29, 0.717) is 25.8 Å². The number of halogens is 4. The van der Waals surface area contributed by atoms with Crippen molar-refractivity contribution in [2.24, 2.45) is 0 Å². The summed E-state index contributed by atoms with van der Waals surface area (Å²) in [5.74, 6) is -0.499. The van der Waals surface area contributed by atoms with Gasteiger partial charge in [-0.15, -0.1) is 0 Å². The van der Waals surface area contributed by atoms with Gasteiger partial charge < -0.3 is 5.32 Å². The smallest absolute Gasteiger partial charge is 0.306 e. The van der Waals surface area contributed by atoms with Crippen LogP contribution in [0.15, 0.2) is 53.1 Å². The van der Waals surface area contributed by atoms with Crippen molar-refractivity contribution in [2.75, 3.05) is 5.32 Å². The minimum Gasteiger partial charge on any atom is -0.306 e. The van der Waals surface area contributed by atoms with Gasteiger partial charge in [-0.2, -0.15) is 0 Å². The second kappa shape index (κ2) is 7.78. The molecule has 26 heavy (non-hydrogen) atoms. The first-order chi connectivity index (χ1) is 12.3. The van der Waals surface area contributed by atoms with Gasteiger partial charge in [-0.1, -0.05) is 35.3 Å². The molecular formula is C18H12BrCl2FN2O2. The summed E-state index contributed by atoms with van der Waals surface area (Å²) in [5, 5.41) is 3.38. The Labute approximate surface area is 167 Å². The molecule has 1 aliphatic rings. The average Bonchev–Trinajstić information content (AvgIpc) is 2.60. The van der Waals surface area contributed by atoms with Crippen LogP contribution in [0.2, 0.25) is 10.0 Å². The van der Waals surface area contributed by atoms with E-state index < -0.39 is 12.1 Å². The Morgan fingerprint density at radius 3 is 2.54 bits per heavy atom. The molecule has 1 unspecified atom stereocenters. The zero-order valence-electron chi connectivity index (χ0n) is 13.2. The summed E-state index contributed by atoms with van der Waals surface area (Å²) in [6, 6.07) is 7.82. The average molecular weight is 458 g/mol. The van der Waals surface area contributed by atoms with E-state index in [-0.39, 0.29) is 18.0 Å². The largest absolute Gasteiger partial charge is 0.326 e. The quantitative estimate of drug-likeness (QED) is 0.566. The van der Waals surface area contributed by atoms with Crippen LogP contribution in [0.5, 0.6) is 0 Å². The van der Waals surface area contributed by atoms with Gasteiger partial charge in [0.25, 0.3) is 0 Å². The van der Waals surface area contributed by atoms with E-state index in [1.54, 1.807) is 18.2 Å². The number of nitrogens with zero attached hydrogens (tertiary/aromatic N) is 1. The lowest BCUT2D eigenvalue weighted by Crippen LogP contribution is -2.37. The summed E-state index contributed by atoms with van der Waals surface area (Å²) in [6.07, 6.45) is 2.86. The molecule has 2 aromatic carbocycles. The van der Waals surface area contributed by atoms with Crippen LogP contribution in [0, 0.1) is 5.82 Å². The molecule has 4 nitrogen and oxygen atoms in total. The minimum absolute atomic E-state index is 0.109. The number of ketones is 1. The van der Waals surface area contributed by atoms with Crippen LogP contribution in [0.1, 0.15) is 18.0 Å². The highest BCUT2D eigenvalue weighted by Crippen LogP contribution is 2.34. The monoisotopic (exact) mass is 456 g/mol. The molecule has 134 valence electrons. The maximum Gasteiger partial charge on any atom is 0.326 e. The molecule has 0 aliphatic carbocycles. The number of allylic oxidation sites excluding steroid dienone is 1. The van der Waals surface area contributed by atoms with Crippen molar-refractivity contribution in [3.05, 3.63) is 74.6 Å². The van der Waals surface area contributed by atoms with E-state index in [4.69, 9.17) is 23.2 Å². The molecule has 0 radical (unpaired) electrons. The zero-order valence-corrected chi connectivity index (χ0v) is 16.3. The van der Waals surface area contributed by atoms with Crippen molar-refractivity contribution < 1.29 is 14.0 Å². The number of hydrogen-bond donors (Lipinski definition) is 1. The number of urea groups is 1. The summed E-state index contributed by atoms with van der Waals surface area (Å²) in [7, 11) is 0. The number of nitrogens with one attached hydrogen (secondary N) is 1. The highest BCUT2D eigenvalue weighted by atomic mass is 79.9. The van der Waals surface area contributed by atoms with Crippen LogP contribution in [-0.2, 0) is 4.79 Å². The second-order valence-corrected chi connectivity index (χ2v) is 7.31. The van der Waals surface area contributed by atoms with E-state index in [0.717, 1.165) is 0 Å². The molecule has 1 aliphatic heterocycles. The van der Waals surface area contributed by atoms with E-state index >= 15 is 0 Å². The number of carbonyl (C=O) groups excluding carboxylic acids is 2. The van der Waals surface area contributed by atoms with E-state index in [1.165, 1.54) is 35.4 Å². The summed E-state index contributed by atoms with van der Waals surface area (Å²) in [5.41, 5.74) is 1.10. The fraction of sp³-hybridized carbons (Fsp3) is 0.111. The number of anilines is 1. The van der Waals surface area contributed by atoms with Crippen molar-refractivity contribution in [3.63, 3.8) is 0 Å². The van der Waals surface area contributed by atoms with Gasteiger partial charge in [0.15, 0.2) is 5.78 Å². The predicted molar refractivity (Wildman–Crippen MR) is 103 cm³/mol. The number of carbonyl (C=O) groups is 2. The van der Waals surface area contributed by atoms with Gasteiger partial charge in [0, 0.05) is 17.1 Å². The van der Waals surface area contributed by atoms with Crippen LogP contribution in [-0.4, -0.2) is 16.7 Å². The van der Waals surface area contributed by atoms with Gasteiger partial charge in [-0.25, -0.2) is 9.18 Å². The summed E-state index contributed by atoms with van der Waals surface area (Å²) in [4.78, 5) is 26.0. The number of amides is 2. The van der Waals surface area contributed by atoms with Crippen LogP contribution < -0.4 is 5.32 Å². The Bertz CT molecular complexity index is 903. The maximum absolute atomic E-state index is 13.2. The predicted octanol–water partition coefficient (Wildman–Crippen LogP) is 5.96. The molecule has 1 N–H and O–H groups in total. The first kappa shape index (κ1) is 18.9. The summed E-state index contributed by atoms with van der Waals surface area (Å²) < 4.78 is 13.8. The number of benzene rings is 2. The summed E-state index contributed by atoms with van der Waals surface area (Å²) in [6.45, 7) is 0. The molecule has 0 spiro atoms. The molecule has 0 bridgehead atoms. The molecule has 3 rings (SSSR count). The fourth-order valence-electron chi connectivity index (χ4n) is 2.60. The van der Waals surface area contributed by atoms with E-state index in [1.807, 2.05) is 0 Å². The van der Waals surface area contributed by atoms with Crippen LogP contribution in [0.4, 0.5) is 14.9 Å². The van der Waals surface area contributed by atoms with Crippen molar-refractivity contribution in [1.82, 2.24) is 4.90 Å². The van der Waals surface area contributed by atoms with Crippen molar-refractivity contribution in [2.45, 2.75) is 12.5 Å². The molecule has 0 saturated carbocycles. The Morgan fingerprint density at radius 1 is 1.19 bits per heavy atom.